The van der Waals surface area contributed by atoms with E-state index in [1.165, 1.54) is 6.92 Å². The molecule has 0 spiro atoms. The van der Waals surface area contributed by atoms with Crippen molar-refractivity contribution in [3.05, 3.63) is 11.6 Å². The molecule has 1 N–H and O–H groups in total. The van der Waals surface area contributed by atoms with Crippen LogP contribution in [0.5, 0.6) is 0 Å². The van der Waals surface area contributed by atoms with Crippen LogP contribution in [0.25, 0.3) is 0 Å². The van der Waals surface area contributed by atoms with Gasteiger partial charge in [-0.25, -0.2) is 0 Å². The van der Waals surface area contributed by atoms with Gasteiger partial charge in [0.1, 0.15) is 12.6 Å². The van der Waals surface area contributed by atoms with E-state index >= 15 is 0 Å². The summed E-state index contributed by atoms with van der Waals surface area (Å²) < 4.78 is 12.1. The predicted octanol–water partition coefficient (Wildman–Crippen LogP) is 0.709. The van der Waals surface area contributed by atoms with Crippen molar-refractivity contribution in [3.63, 3.8) is 0 Å². The summed E-state index contributed by atoms with van der Waals surface area (Å²) in [5.74, 6) is 1.60. The molecule has 6 nitrogen and oxygen atoms in total. The molecule has 0 saturated carbocycles. The number of H-pyrrole nitrogens is 1. The SMILES string of the molecule is CC(=O)OCCOCCc1nc(C)[n+](C(C)C)[nH]1. The number of aromatic nitrogens is 3. The van der Waals surface area contributed by atoms with Gasteiger partial charge in [0.25, 0.3) is 5.82 Å². The number of carbonyl (C=O) groups excluding carboxylic acids is 1. The van der Waals surface area contributed by atoms with E-state index in [4.69, 9.17) is 9.47 Å². The zero-order valence-corrected chi connectivity index (χ0v) is 11.5. The van der Waals surface area contributed by atoms with E-state index in [1.54, 1.807) is 0 Å². The first-order valence-corrected chi connectivity index (χ1v) is 6.19. The average molecular weight is 256 g/mol. The minimum absolute atomic E-state index is 0.279. The summed E-state index contributed by atoms with van der Waals surface area (Å²) in [6, 6.07) is 0.371. The average Bonchev–Trinajstić information content (AvgIpc) is 2.64. The van der Waals surface area contributed by atoms with Crippen LogP contribution < -0.4 is 4.68 Å². The Balaban J connectivity index is 2.23. The highest BCUT2D eigenvalue weighted by Crippen LogP contribution is 1.97. The first kappa shape index (κ1) is 14.6. The van der Waals surface area contributed by atoms with Gasteiger partial charge in [-0.1, -0.05) is 0 Å². The van der Waals surface area contributed by atoms with Gasteiger partial charge in [-0.15, -0.1) is 0 Å². The Morgan fingerprint density at radius 3 is 2.67 bits per heavy atom. The molecule has 6 heteroatoms. The second-order valence-corrected chi connectivity index (χ2v) is 4.38. The summed E-state index contributed by atoms with van der Waals surface area (Å²) in [7, 11) is 0. The molecule has 1 rings (SSSR count). The van der Waals surface area contributed by atoms with Crippen molar-refractivity contribution >= 4 is 5.97 Å². The van der Waals surface area contributed by atoms with Gasteiger partial charge in [0.15, 0.2) is 0 Å². The summed E-state index contributed by atoms with van der Waals surface area (Å²) in [6.45, 7) is 8.85. The summed E-state index contributed by atoms with van der Waals surface area (Å²) in [5, 5.41) is 3.23. The van der Waals surface area contributed by atoms with E-state index in [0.29, 0.717) is 25.9 Å². The van der Waals surface area contributed by atoms with Gasteiger partial charge in [-0.2, -0.15) is 9.78 Å². The molecule has 102 valence electrons. The number of aromatic amines is 1. The van der Waals surface area contributed by atoms with Crippen LogP contribution >= 0.6 is 0 Å². The third-order valence-corrected chi connectivity index (χ3v) is 2.43. The maximum Gasteiger partial charge on any atom is 0.316 e. The minimum atomic E-state index is -0.279. The number of hydrogen-bond donors (Lipinski definition) is 1. The zero-order valence-electron chi connectivity index (χ0n) is 11.5. The first-order valence-electron chi connectivity index (χ1n) is 6.19. The molecule has 0 atom stereocenters. The van der Waals surface area contributed by atoms with Crippen LogP contribution in [0, 0.1) is 6.92 Å². The van der Waals surface area contributed by atoms with Crippen molar-refractivity contribution in [3.8, 4) is 0 Å². The fourth-order valence-electron chi connectivity index (χ4n) is 1.62. The van der Waals surface area contributed by atoms with Gasteiger partial charge in [0.2, 0.25) is 0 Å². The molecule has 0 aliphatic heterocycles. The molecule has 0 fully saturated rings. The molecule has 1 aromatic heterocycles. The van der Waals surface area contributed by atoms with E-state index < -0.39 is 0 Å². The number of hydrogen-bond acceptors (Lipinski definition) is 4. The van der Waals surface area contributed by atoms with Crippen molar-refractivity contribution in [2.45, 2.75) is 40.2 Å². The quantitative estimate of drug-likeness (QED) is 0.443. The van der Waals surface area contributed by atoms with Crippen LogP contribution in [-0.2, 0) is 20.7 Å². The maximum absolute atomic E-state index is 10.5. The minimum Gasteiger partial charge on any atom is -0.463 e. The van der Waals surface area contributed by atoms with Crippen LogP contribution in [0.4, 0.5) is 0 Å². The largest absolute Gasteiger partial charge is 0.463 e. The van der Waals surface area contributed by atoms with Crippen molar-refractivity contribution in [1.82, 2.24) is 10.1 Å². The van der Waals surface area contributed by atoms with Crippen molar-refractivity contribution < 1.29 is 19.0 Å². The van der Waals surface area contributed by atoms with Crippen molar-refractivity contribution in [2.24, 2.45) is 0 Å². The highest BCUT2D eigenvalue weighted by atomic mass is 16.6. The molecule has 1 heterocycles. The van der Waals surface area contributed by atoms with Crippen LogP contribution in [0.15, 0.2) is 0 Å². The smallest absolute Gasteiger partial charge is 0.316 e. The molecule has 0 aliphatic carbocycles. The van der Waals surface area contributed by atoms with Gasteiger partial charge in [0.05, 0.1) is 19.6 Å². The number of aryl methyl sites for hydroxylation is 1. The fourth-order valence-corrected chi connectivity index (χ4v) is 1.62. The molecule has 18 heavy (non-hydrogen) atoms. The highest BCUT2D eigenvalue weighted by molar-refractivity contribution is 5.65. The number of nitrogens with one attached hydrogen (secondary N) is 1. The summed E-state index contributed by atoms with van der Waals surface area (Å²) in [6.07, 6.45) is 0.723. The lowest BCUT2D eigenvalue weighted by Crippen LogP contribution is -2.40. The monoisotopic (exact) mass is 256 g/mol. The van der Waals surface area contributed by atoms with Crippen LogP contribution in [0.2, 0.25) is 0 Å². The molecule has 0 radical (unpaired) electrons. The van der Waals surface area contributed by atoms with Gasteiger partial charge < -0.3 is 9.47 Å². The van der Waals surface area contributed by atoms with E-state index in [-0.39, 0.29) is 5.97 Å². The topological polar surface area (TPSA) is 68.1 Å². The lowest BCUT2D eigenvalue weighted by Gasteiger charge is -2.02. The molecule has 0 bridgehead atoms. The fraction of sp³-hybridized carbons (Fsp3) is 0.750. The number of esters is 1. The molecule has 0 amide bonds. The standard InChI is InChI=1S/C12H21N3O3/c1-9(2)15-10(3)13-12(14-15)5-6-17-7-8-18-11(4)16/h9H,5-8H2,1-4H3/p+1. The number of rotatable bonds is 7. The van der Waals surface area contributed by atoms with Crippen LogP contribution in [0.1, 0.15) is 38.5 Å². The molecule has 0 unspecified atom stereocenters. The zero-order chi connectivity index (χ0) is 13.5. The second kappa shape index (κ2) is 7.10. The molecule has 0 aliphatic rings. The third-order valence-electron chi connectivity index (χ3n) is 2.43. The number of ether oxygens (including phenoxy) is 2. The summed E-state index contributed by atoms with van der Waals surface area (Å²) >= 11 is 0. The van der Waals surface area contributed by atoms with Crippen molar-refractivity contribution in [2.75, 3.05) is 19.8 Å². The lowest BCUT2D eigenvalue weighted by atomic mass is 10.4. The Morgan fingerprint density at radius 2 is 2.11 bits per heavy atom. The summed E-state index contributed by atoms with van der Waals surface area (Å²) in [5.41, 5.74) is 0. The van der Waals surface area contributed by atoms with Gasteiger partial charge >= 0.3 is 11.8 Å². The Bertz CT molecular complexity index is 388. The van der Waals surface area contributed by atoms with Crippen LogP contribution in [0.3, 0.4) is 0 Å². The van der Waals surface area contributed by atoms with Crippen LogP contribution in [-0.4, -0.2) is 35.9 Å². The Morgan fingerprint density at radius 1 is 1.39 bits per heavy atom. The molecular formula is C12H22N3O3+. The lowest BCUT2D eigenvalue weighted by molar-refractivity contribution is -0.774. The van der Waals surface area contributed by atoms with E-state index in [2.05, 4.69) is 23.9 Å². The van der Waals surface area contributed by atoms with Gasteiger partial charge in [-0.05, 0) is 18.8 Å². The normalized spacial score (nSPS) is 10.9. The highest BCUT2D eigenvalue weighted by Gasteiger charge is 2.16. The van der Waals surface area contributed by atoms with E-state index in [1.807, 2.05) is 11.6 Å². The van der Waals surface area contributed by atoms with Gasteiger partial charge in [0, 0.05) is 13.8 Å². The van der Waals surface area contributed by atoms with E-state index in [0.717, 1.165) is 18.1 Å². The van der Waals surface area contributed by atoms with E-state index in [9.17, 15) is 4.79 Å². The molecule has 0 aromatic carbocycles. The third kappa shape index (κ3) is 4.83. The molecule has 1 aromatic rings. The van der Waals surface area contributed by atoms with Gasteiger partial charge in [-0.3, -0.25) is 4.79 Å². The maximum atomic E-state index is 10.5. The first-order chi connectivity index (χ1) is 8.50. The summed E-state index contributed by atoms with van der Waals surface area (Å²) in [4.78, 5) is 14.9. The molecular weight excluding hydrogens is 234 g/mol. The second-order valence-electron chi connectivity index (χ2n) is 4.38. The number of carbonyl (C=O) groups is 1. The molecule has 0 saturated heterocycles. The Labute approximate surface area is 107 Å². The van der Waals surface area contributed by atoms with Crippen molar-refractivity contribution in [1.29, 1.82) is 0 Å². The predicted molar refractivity (Wildman–Crippen MR) is 65.1 cm³/mol. The number of nitrogens with zero attached hydrogens (tertiary/aromatic N) is 2. The Kier molecular flexibility index (Phi) is 5.77. The Hall–Kier alpha value is -1.43.